The van der Waals surface area contributed by atoms with Gasteiger partial charge in [0.1, 0.15) is 0 Å². The van der Waals surface area contributed by atoms with Crippen LogP contribution < -0.4 is 0 Å². The lowest BCUT2D eigenvalue weighted by Crippen LogP contribution is -1.88. The fourth-order valence-corrected chi connectivity index (χ4v) is 0.637. The van der Waals surface area contributed by atoms with Gasteiger partial charge in [0.15, 0.2) is 0 Å². The first-order valence-electron chi connectivity index (χ1n) is 3.10. The van der Waals surface area contributed by atoms with Crippen LogP contribution in [0, 0.1) is 12.8 Å². The minimum Gasteiger partial charge on any atom is -0.0654 e. The molecule has 0 aromatic carbocycles. The molecule has 0 amide bonds. The summed E-state index contributed by atoms with van der Waals surface area (Å²) >= 11 is 0. The smallest absolute Gasteiger partial charge is 0.0443 e. The third-order valence-electron chi connectivity index (χ3n) is 1.27. The van der Waals surface area contributed by atoms with Crippen LogP contribution in [0.5, 0.6) is 0 Å². The van der Waals surface area contributed by atoms with Crippen molar-refractivity contribution in [3.63, 3.8) is 0 Å². The molecular formula is C7H15. The van der Waals surface area contributed by atoms with Gasteiger partial charge in [-0.15, -0.1) is 0 Å². The Morgan fingerprint density at radius 3 is 2.29 bits per heavy atom. The minimum absolute atomic E-state index is 0.838. The van der Waals surface area contributed by atoms with Gasteiger partial charge in [0, 0.05) is 0 Å². The Hall–Kier alpha value is 0. The van der Waals surface area contributed by atoms with E-state index in [4.69, 9.17) is 0 Å². The maximum Gasteiger partial charge on any atom is -0.0443 e. The van der Waals surface area contributed by atoms with Crippen LogP contribution in [0.4, 0.5) is 0 Å². The van der Waals surface area contributed by atoms with E-state index in [1.165, 1.54) is 12.8 Å². The number of hydrogen-bond acceptors (Lipinski definition) is 0. The standard InChI is InChI=1S/C7H15/c1-4-6-7(3)5-2/h7H,2,4-6H2,1,3H3/t7-/m1/s1. The van der Waals surface area contributed by atoms with E-state index in [-0.39, 0.29) is 0 Å². The molecule has 7 heavy (non-hydrogen) atoms. The second-order valence-electron chi connectivity index (χ2n) is 2.18. The Morgan fingerprint density at radius 2 is 2.14 bits per heavy atom. The Kier molecular flexibility index (Phi) is 4.17. The molecule has 0 saturated heterocycles. The lowest BCUT2D eigenvalue weighted by molar-refractivity contribution is 0.530. The summed E-state index contributed by atoms with van der Waals surface area (Å²) in [6, 6.07) is 0. The summed E-state index contributed by atoms with van der Waals surface area (Å²) in [7, 11) is 0. The van der Waals surface area contributed by atoms with Gasteiger partial charge in [0.05, 0.1) is 0 Å². The molecule has 0 nitrogen and oxygen atoms in total. The molecule has 0 aliphatic carbocycles. The van der Waals surface area contributed by atoms with Crippen molar-refractivity contribution < 1.29 is 0 Å². The maximum atomic E-state index is 3.80. The van der Waals surface area contributed by atoms with Crippen LogP contribution in [-0.4, -0.2) is 0 Å². The highest BCUT2D eigenvalue weighted by Crippen LogP contribution is 2.06. The zero-order chi connectivity index (χ0) is 5.70. The number of hydrogen-bond donors (Lipinski definition) is 0. The molecule has 1 atom stereocenters. The molecule has 0 saturated carbocycles. The molecule has 0 heterocycles. The highest BCUT2D eigenvalue weighted by Gasteiger charge is 1.92. The third kappa shape index (κ3) is 3.84. The van der Waals surface area contributed by atoms with Crippen molar-refractivity contribution in [2.75, 3.05) is 0 Å². The molecule has 0 aromatic rings. The average Bonchev–Trinajstić information content (AvgIpc) is 1.68. The molecular weight excluding hydrogens is 84.1 g/mol. The molecule has 0 heteroatoms. The monoisotopic (exact) mass is 99.1 g/mol. The molecule has 0 fully saturated rings. The van der Waals surface area contributed by atoms with E-state index >= 15 is 0 Å². The van der Waals surface area contributed by atoms with Crippen LogP contribution in [0.2, 0.25) is 0 Å². The van der Waals surface area contributed by atoms with Gasteiger partial charge in [-0.2, -0.15) is 0 Å². The highest BCUT2D eigenvalue weighted by atomic mass is 14.0. The molecule has 1 radical (unpaired) electrons. The molecule has 0 N–H and O–H groups in total. The van der Waals surface area contributed by atoms with Crippen LogP contribution in [0.1, 0.15) is 33.1 Å². The summed E-state index contributed by atoms with van der Waals surface area (Å²) < 4.78 is 0. The largest absolute Gasteiger partial charge is 0.0654 e. The predicted molar refractivity (Wildman–Crippen MR) is 34.0 cm³/mol. The topological polar surface area (TPSA) is 0 Å². The second kappa shape index (κ2) is 4.17. The lowest BCUT2D eigenvalue weighted by Gasteiger charge is -2.02. The van der Waals surface area contributed by atoms with Crippen LogP contribution in [0.25, 0.3) is 0 Å². The lowest BCUT2D eigenvalue weighted by atomic mass is 10.0. The SMILES string of the molecule is [CH2]C[C@@H](C)CCC. The highest BCUT2D eigenvalue weighted by molar-refractivity contribution is 4.51. The van der Waals surface area contributed by atoms with Crippen molar-refractivity contribution >= 4 is 0 Å². The molecule has 0 aliphatic heterocycles. The summed E-state index contributed by atoms with van der Waals surface area (Å²) in [5.41, 5.74) is 0. The van der Waals surface area contributed by atoms with E-state index in [9.17, 15) is 0 Å². The van der Waals surface area contributed by atoms with Gasteiger partial charge in [-0.3, -0.25) is 0 Å². The van der Waals surface area contributed by atoms with Crippen LogP contribution >= 0.6 is 0 Å². The predicted octanol–water partition coefficient (Wildman–Crippen LogP) is 2.65. The van der Waals surface area contributed by atoms with Crippen LogP contribution in [0.3, 0.4) is 0 Å². The Balaban J connectivity index is 2.83. The molecule has 0 unspecified atom stereocenters. The van der Waals surface area contributed by atoms with Gasteiger partial charge in [0.2, 0.25) is 0 Å². The van der Waals surface area contributed by atoms with Crippen molar-refractivity contribution in [3.8, 4) is 0 Å². The first kappa shape index (κ1) is 7.00. The Bertz CT molecular complexity index is 31.0. The van der Waals surface area contributed by atoms with Crippen molar-refractivity contribution in [1.29, 1.82) is 0 Å². The molecule has 0 aliphatic rings. The van der Waals surface area contributed by atoms with Gasteiger partial charge in [-0.1, -0.05) is 40.0 Å². The van der Waals surface area contributed by atoms with Crippen molar-refractivity contribution in [1.82, 2.24) is 0 Å². The maximum absolute atomic E-state index is 3.80. The van der Waals surface area contributed by atoms with Crippen LogP contribution in [-0.2, 0) is 0 Å². The normalized spacial score (nSPS) is 14.1. The summed E-state index contributed by atoms with van der Waals surface area (Å²) in [6.07, 6.45) is 3.73. The fraction of sp³-hybridized carbons (Fsp3) is 0.857. The molecule has 0 aromatic heterocycles. The first-order valence-corrected chi connectivity index (χ1v) is 3.10. The average molecular weight is 99.2 g/mol. The van der Waals surface area contributed by atoms with Gasteiger partial charge in [-0.05, 0) is 5.92 Å². The van der Waals surface area contributed by atoms with Crippen molar-refractivity contribution in [2.24, 2.45) is 5.92 Å². The van der Waals surface area contributed by atoms with Crippen molar-refractivity contribution in [3.05, 3.63) is 6.92 Å². The molecule has 0 rings (SSSR count). The zero-order valence-corrected chi connectivity index (χ0v) is 5.41. The zero-order valence-electron chi connectivity index (χ0n) is 5.41. The molecule has 0 spiro atoms. The summed E-state index contributed by atoms with van der Waals surface area (Å²) in [6.45, 7) is 8.27. The Labute approximate surface area is 46.9 Å². The molecule has 0 bridgehead atoms. The van der Waals surface area contributed by atoms with E-state index in [0.29, 0.717) is 0 Å². The second-order valence-corrected chi connectivity index (χ2v) is 2.18. The van der Waals surface area contributed by atoms with E-state index < -0.39 is 0 Å². The van der Waals surface area contributed by atoms with E-state index in [2.05, 4.69) is 20.8 Å². The Morgan fingerprint density at radius 1 is 1.57 bits per heavy atom. The number of rotatable bonds is 3. The summed E-state index contributed by atoms with van der Waals surface area (Å²) in [5.74, 6) is 0.838. The van der Waals surface area contributed by atoms with Gasteiger partial charge in [-0.25, -0.2) is 0 Å². The fourth-order valence-electron chi connectivity index (χ4n) is 0.637. The van der Waals surface area contributed by atoms with Crippen LogP contribution in [0.15, 0.2) is 0 Å². The third-order valence-corrected chi connectivity index (χ3v) is 1.27. The quantitative estimate of drug-likeness (QED) is 0.510. The van der Waals surface area contributed by atoms with Crippen molar-refractivity contribution in [2.45, 2.75) is 33.1 Å². The van der Waals surface area contributed by atoms with E-state index in [1.807, 2.05) is 0 Å². The summed E-state index contributed by atoms with van der Waals surface area (Å²) in [5, 5.41) is 0. The minimum atomic E-state index is 0.838. The van der Waals surface area contributed by atoms with E-state index in [0.717, 1.165) is 12.3 Å². The van der Waals surface area contributed by atoms with Gasteiger partial charge >= 0.3 is 0 Å². The molecule has 43 valence electrons. The van der Waals surface area contributed by atoms with Gasteiger partial charge in [0.25, 0.3) is 0 Å². The summed E-state index contributed by atoms with van der Waals surface area (Å²) in [4.78, 5) is 0. The van der Waals surface area contributed by atoms with E-state index in [1.54, 1.807) is 0 Å². The van der Waals surface area contributed by atoms with Gasteiger partial charge < -0.3 is 0 Å². The first-order chi connectivity index (χ1) is 3.31.